The third kappa shape index (κ3) is 7.04. The van der Waals surface area contributed by atoms with Crippen molar-refractivity contribution < 1.29 is 19.1 Å². The van der Waals surface area contributed by atoms with E-state index in [-0.39, 0.29) is 43.2 Å². The van der Waals surface area contributed by atoms with Gasteiger partial charge in [0.15, 0.2) is 0 Å². The fourth-order valence-electron chi connectivity index (χ4n) is 4.82. The third-order valence-electron chi connectivity index (χ3n) is 6.88. The van der Waals surface area contributed by atoms with Crippen LogP contribution in [0.1, 0.15) is 61.5 Å². The van der Waals surface area contributed by atoms with Gasteiger partial charge >= 0.3 is 12.1 Å². The Labute approximate surface area is 229 Å². The number of rotatable bonds is 10. The fraction of sp³-hybridized carbons (Fsp3) is 0.429. The first-order chi connectivity index (χ1) is 17.9. The fourth-order valence-corrected chi connectivity index (χ4v) is 4.82. The molecule has 2 aromatic carbocycles. The van der Waals surface area contributed by atoms with Gasteiger partial charge < -0.3 is 25.1 Å². The number of aryl methyl sites for hydroxylation is 3. The molecule has 1 aliphatic carbocycles. The standard InChI is InChI=1S/C28H35N5O4.ClH/c1-3-36-25(34)16-17-33(21-6-4-5-7-21)28(35)37-23-14-13-22-26(18(23)2)32-24(31-22)15-10-19-8-11-20(12-9-19)27(29)30;/h8-9,11-14,21H,3-7,10,15-17H2,1-2H3,(H3,29,30)(H,31,32);1H. The summed E-state index contributed by atoms with van der Waals surface area (Å²) in [6, 6.07) is 11.4. The molecule has 0 atom stereocenters. The third-order valence-corrected chi connectivity index (χ3v) is 6.88. The quantitative estimate of drug-likeness (QED) is 0.186. The molecular formula is C28H36ClN5O4. The van der Waals surface area contributed by atoms with Gasteiger partial charge in [-0.3, -0.25) is 10.2 Å². The first kappa shape index (κ1) is 29.0. The summed E-state index contributed by atoms with van der Waals surface area (Å²) in [6.07, 6.45) is 5.17. The first-order valence-electron chi connectivity index (χ1n) is 12.9. The highest BCUT2D eigenvalue weighted by molar-refractivity contribution is 5.94. The van der Waals surface area contributed by atoms with E-state index in [2.05, 4.69) is 4.98 Å². The van der Waals surface area contributed by atoms with E-state index in [1.54, 1.807) is 17.9 Å². The predicted molar refractivity (Wildman–Crippen MR) is 149 cm³/mol. The van der Waals surface area contributed by atoms with E-state index < -0.39 is 6.09 Å². The second-order valence-corrected chi connectivity index (χ2v) is 9.43. The normalized spacial score (nSPS) is 13.2. The second-order valence-electron chi connectivity index (χ2n) is 9.43. The molecule has 1 saturated carbocycles. The number of halogens is 1. The van der Waals surface area contributed by atoms with Gasteiger partial charge in [-0.25, -0.2) is 9.78 Å². The Bertz CT molecular complexity index is 1270. The van der Waals surface area contributed by atoms with Gasteiger partial charge in [-0.2, -0.15) is 0 Å². The molecule has 1 aliphatic rings. The van der Waals surface area contributed by atoms with E-state index in [0.717, 1.165) is 60.1 Å². The lowest BCUT2D eigenvalue weighted by Crippen LogP contribution is -2.42. The number of benzene rings is 2. The number of carbonyl (C=O) groups excluding carboxylic acids is 2. The number of amidine groups is 1. The van der Waals surface area contributed by atoms with Crippen molar-refractivity contribution in [1.82, 2.24) is 14.9 Å². The molecule has 0 unspecified atom stereocenters. The second kappa shape index (κ2) is 13.3. The maximum atomic E-state index is 13.2. The minimum Gasteiger partial charge on any atom is -0.466 e. The summed E-state index contributed by atoms with van der Waals surface area (Å²) in [6.45, 7) is 4.27. The summed E-state index contributed by atoms with van der Waals surface area (Å²) in [5, 5.41) is 7.51. The van der Waals surface area contributed by atoms with Crippen LogP contribution in [0, 0.1) is 12.3 Å². The number of nitrogens with two attached hydrogens (primary N) is 1. The van der Waals surface area contributed by atoms with Crippen LogP contribution in [0.2, 0.25) is 0 Å². The van der Waals surface area contributed by atoms with Crippen LogP contribution >= 0.6 is 12.4 Å². The average molecular weight is 542 g/mol. The van der Waals surface area contributed by atoms with Crippen LogP contribution in [0.25, 0.3) is 11.0 Å². The average Bonchev–Trinajstić information content (AvgIpc) is 3.56. The van der Waals surface area contributed by atoms with Gasteiger partial charge in [0.05, 0.1) is 24.1 Å². The zero-order chi connectivity index (χ0) is 26.4. The minimum absolute atomic E-state index is 0. The van der Waals surface area contributed by atoms with Gasteiger partial charge in [0, 0.05) is 30.1 Å². The highest BCUT2D eigenvalue weighted by atomic mass is 35.5. The summed E-state index contributed by atoms with van der Waals surface area (Å²) in [4.78, 5) is 34.9. The number of esters is 1. The maximum absolute atomic E-state index is 13.2. The molecule has 0 spiro atoms. The number of aromatic nitrogens is 2. The number of nitrogens with one attached hydrogen (secondary N) is 2. The molecule has 0 aliphatic heterocycles. The number of imidazole rings is 1. The SMILES string of the molecule is CCOC(=O)CCN(C(=O)Oc1ccc2[nH]c(CCc3ccc(C(=N)N)cc3)nc2c1C)C1CCCC1.Cl. The smallest absolute Gasteiger partial charge is 0.415 e. The van der Waals surface area contributed by atoms with Gasteiger partial charge in [0.2, 0.25) is 0 Å². The molecule has 9 nitrogen and oxygen atoms in total. The lowest BCUT2D eigenvalue weighted by atomic mass is 10.1. The number of nitrogens with zero attached hydrogens (tertiary/aromatic N) is 2. The molecule has 0 bridgehead atoms. The lowest BCUT2D eigenvalue weighted by Gasteiger charge is -2.28. The zero-order valence-corrected chi connectivity index (χ0v) is 22.7. The number of hydrogen-bond donors (Lipinski definition) is 3. The Hall–Kier alpha value is -3.59. The molecule has 0 radical (unpaired) electrons. The van der Waals surface area contributed by atoms with Gasteiger partial charge in [-0.05, 0) is 50.8 Å². The topological polar surface area (TPSA) is 134 Å². The van der Waals surface area contributed by atoms with Crippen LogP contribution in [0.5, 0.6) is 5.75 Å². The Balaban J connectivity index is 0.00000400. The lowest BCUT2D eigenvalue weighted by molar-refractivity contribution is -0.143. The van der Waals surface area contributed by atoms with Crippen molar-refractivity contribution in [3.05, 3.63) is 58.9 Å². The van der Waals surface area contributed by atoms with E-state index in [4.69, 9.17) is 25.6 Å². The number of fused-ring (bicyclic) bond motifs is 1. The summed E-state index contributed by atoms with van der Waals surface area (Å²) >= 11 is 0. The summed E-state index contributed by atoms with van der Waals surface area (Å²) in [5.41, 5.74) is 9.81. The molecule has 1 aromatic heterocycles. The molecular weight excluding hydrogens is 506 g/mol. The van der Waals surface area contributed by atoms with E-state index in [1.165, 1.54) is 0 Å². The van der Waals surface area contributed by atoms with Crippen molar-refractivity contribution in [1.29, 1.82) is 5.41 Å². The van der Waals surface area contributed by atoms with Crippen LogP contribution in [0.15, 0.2) is 36.4 Å². The van der Waals surface area contributed by atoms with Crippen molar-refractivity contribution in [3.63, 3.8) is 0 Å². The summed E-state index contributed by atoms with van der Waals surface area (Å²) in [5.74, 6) is 1.06. The number of ether oxygens (including phenoxy) is 2. The van der Waals surface area contributed by atoms with E-state index in [9.17, 15) is 9.59 Å². The summed E-state index contributed by atoms with van der Waals surface area (Å²) < 4.78 is 10.9. The summed E-state index contributed by atoms with van der Waals surface area (Å²) in [7, 11) is 0. The van der Waals surface area contributed by atoms with Crippen LogP contribution in [-0.2, 0) is 22.4 Å². The van der Waals surface area contributed by atoms with Crippen molar-refractivity contribution in [2.75, 3.05) is 13.2 Å². The van der Waals surface area contributed by atoms with Crippen molar-refractivity contribution >= 4 is 41.3 Å². The number of hydrogen-bond acceptors (Lipinski definition) is 6. The predicted octanol–water partition coefficient (Wildman–Crippen LogP) is 5.06. The Morgan fingerprint density at radius 2 is 1.84 bits per heavy atom. The number of carbonyl (C=O) groups is 2. The largest absolute Gasteiger partial charge is 0.466 e. The van der Waals surface area contributed by atoms with Gasteiger partial charge in [-0.15, -0.1) is 12.4 Å². The monoisotopic (exact) mass is 541 g/mol. The van der Waals surface area contributed by atoms with Gasteiger partial charge in [-0.1, -0.05) is 37.1 Å². The van der Waals surface area contributed by atoms with Gasteiger partial charge in [0.25, 0.3) is 0 Å². The van der Waals surface area contributed by atoms with E-state index in [0.29, 0.717) is 24.3 Å². The highest BCUT2D eigenvalue weighted by Gasteiger charge is 2.29. The molecule has 10 heteroatoms. The van der Waals surface area contributed by atoms with E-state index in [1.807, 2.05) is 37.3 Å². The number of nitrogen functional groups attached to an aromatic ring is 1. The Morgan fingerprint density at radius 3 is 2.50 bits per heavy atom. The zero-order valence-electron chi connectivity index (χ0n) is 21.9. The number of H-pyrrole nitrogens is 1. The number of aromatic amines is 1. The van der Waals surface area contributed by atoms with Crippen LogP contribution in [0.3, 0.4) is 0 Å². The van der Waals surface area contributed by atoms with Crippen molar-refractivity contribution in [3.8, 4) is 5.75 Å². The van der Waals surface area contributed by atoms with Crippen LogP contribution in [-0.4, -0.2) is 52.0 Å². The Morgan fingerprint density at radius 1 is 1.13 bits per heavy atom. The molecule has 4 rings (SSSR count). The molecule has 1 amide bonds. The van der Waals surface area contributed by atoms with Crippen LogP contribution in [0.4, 0.5) is 4.79 Å². The molecule has 4 N–H and O–H groups in total. The minimum atomic E-state index is -0.441. The molecule has 3 aromatic rings. The molecule has 38 heavy (non-hydrogen) atoms. The first-order valence-corrected chi connectivity index (χ1v) is 12.9. The maximum Gasteiger partial charge on any atom is 0.415 e. The van der Waals surface area contributed by atoms with Gasteiger partial charge in [0.1, 0.15) is 17.4 Å². The van der Waals surface area contributed by atoms with E-state index >= 15 is 0 Å². The van der Waals surface area contributed by atoms with Crippen molar-refractivity contribution in [2.24, 2.45) is 5.73 Å². The molecule has 1 fully saturated rings. The molecule has 0 saturated heterocycles. The van der Waals surface area contributed by atoms with Crippen LogP contribution < -0.4 is 10.5 Å². The molecule has 1 heterocycles. The highest BCUT2D eigenvalue weighted by Crippen LogP contribution is 2.29. The Kier molecular flexibility index (Phi) is 10.1. The van der Waals surface area contributed by atoms with Crippen molar-refractivity contribution in [2.45, 2.75) is 64.8 Å². The molecule has 204 valence electrons. The number of amides is 1.